The monoisotopic (exact) mass is 737 g/mol. The molecule has 3 aromatic carbocycles. The van der Waals surface area contributed by atoms with E-state index in [0.29, 0.717) is 21.3 Å². The van der Waals surface area contributed by atoms with Crippen molar-refractivity contribution in [1.29, 1.82) is 0 Å². The predicted molar refractivity (Wildman–Crippen MR) is 167 cm³/mol. The number of hydrogen-bond donors (Lipinski definition) is 7. The lowest BCUT2D eigenvalue weighted by molar-refractivity contribution is -0.159. The normalized spacial score (nSPS) is 9.38. The first-order valence-electron chi connectivity index (χ1n) is 12.0. The molecule has 0 heterocycles. The number of rotatable bonds is 9. The van der Waals surface area contributed by atoms with Gasteiger partial charge in [0.05, 0.1) is 16.5 Å². The fraction of sp³-hybridized carbons (Fsp3) is 0.107. The van der Waals surface area contributed by atoms with E-state index in [1.165, 1.54) is 37.3 Å². The molecule has 0 aliphatic rings. The summed E-state index contributed by atoms with van der Waals surface area (Å²) in [7, 11) is 0. The SMILES string of the molecule is CC(=O)Nc1ccc(CC(=O)O)cc1.O=C(O)C(=O)C(=O)O.O=C(O)COc1c(Cl)cc(Cl)cc1Cl.O=C(O)c1cc(Cl)ccc1O. The summed E-state index contributed by atoms with van der Waals surface area (Å²) in [5.41, 5.74) is 1.20. The van der Waals surface area contributed by atoms with Gasteiger partial charge in [-0.3, -0.25) is 14.4 Å². The molecule has 0 spiro atoms. The number of phenols is 1. The fourth-order valence-electron chi connectivity index (χ4n) is 2.66. The smallest absolute Gasteiger partial charge is 0.384 e. The molecule has 0 aromatic heterocycles. The molecule has 0 aliphatic carbocycles. The molecule has 0 unspecified atom stereocenters. The second kappa shape index (κ2) is 20.8. The second-order valence-electron chi connectivity index (χ2n) is 8.24. The Kier molecular flexibility index (Phi) is 18.6. The van der Waals surface area contributed by atoms with Crippen molar-refractivity contribution in [2.75, 3.05) is 11.9 Å². The van der Waals surface area contributed by atoms with Gasteiger partial charge in [0.25, 0.3) is 0 Å². The third-order valence-electron chi connectivity index (χ3n) is 4.51. The predicted octanol–water partition coefficient (Wildman–Crippen LogP) is 4.85. The first kappa shape index (κ1) is 41.9. The van der Waals surface area contributed by atoms with Crippen LogP contribution in [0, 0.1) is 0 Å². The van der Waals surface area contributed by atoms with Crippen LogP contribution in [0.1, 0.15) is 22.8 Å². The van der Waals surface area contributed by atoms with Gasteiger partial charge in [-0.15, -0.1) is 0 Å². The van der Waals surface area contributed by atoms with Gasteiger partial charge in [-0.1, -0.05) is 58.5 Å². The fourth-order valence-corrected chi connectivity index (χ4v) is 3.75. The van der Waals surface area contributed by atoms with Crippen molar-refractivity contribution in [1.82, 2.24) is 0 Å². The van der Waals surface area contributed by atoms with E-state index >= 15 is 0 Å². The standard InChI is InChI=1S/C10H11NO3.C8H5Cl3O3.C7H5ClO3.C3H2O5/c1-7(12)11-9-4-2-8(3-5-9)6-10(13)14;9-4-1-5(10)8(6(11)2-4)14-3-7(12)13;8-4-1-2-6(9)5(3-4)7(10)11;4-1(2(5)6)3(7)8/h2-5H,6H2,1H3,(H,11,12)(H,13,14);1-2H,3H2,(H,12,13);1-3,9H,(H,10,11);(H,5,6)(H,7,8). The summed E-state index contributed by atoms with van der Waals surface area (Å²) in [5.74, 6) is -9.16. The number of aromatic hydroxyl groups is 1. The van der Waals surface area contributed by atoms with E-state index in [2.05, 4.69) is 5.32 Å². The summed E-state index contributed by atoms with van der Waals surface area (Å²) in [4.78, 5) is 70.1. The van der Waals surface area contributed by atoms with E-state index in [4.69, 9.17) is 81.8 Å². The number of nitrogens with one attached hydrogen (secondary N) is 1. The summed E-state index contributed by atoms with van der Waals surface area (Å²) in [6, 6.07) is 13.4. The van der Waals surface area contributed by atoms with Gasteiger partial charge in [0.2, 0.25) is 5.91 Å². The molecule has 0 aliphatic heterocycles. The first-order chi connectivity index (χ1) is 21.7. The molecule has 0 atom stereocenters. The molecule has 47 heavy (non-hydrogen) atoms. The van der Waals surface area contributed by atoms with E-state index in [1.807, 2.05) is 0 Å². The lowest BCUT2D eigenvalue weighted by Crippen LogP contribution is -2.22. The van der Waals surface area contributed by atoms with Gasteiger partial charge in [-0.05, 0) is 48.0 Å². The molecule has 0 bridgehead atoms. The Labute approximate surface area is 284 Å². The van der Waals surface area contributed by atoms with E-state index in [0.717, 1.165) is 0 Å². The summed E-state index contributed by atoms with van der Waals surface area (Å²) in [5, 5.41) is 53.2. The van der Waals surface area contributed by atoms with Crippen molar-refractivity contribution in [2.45, 2.75) is 13.3 Å². The Balaban J connectivity index is 0.000000613. The number of carbonyl (C=O) groups excluding carboxylic acids is 2. The number of anilines is 1. The number of aliphatic carboxylic acids is 4. The van der Waals surface area contributed by atoms with Crippen LogP contribution in [0.25, 0.3) is 0 Å². The number of ketones is 1. The molecule has 0 radical (unpaired) electrons. The molecule has 19 heteroatoms. The number of amides is 1. The highest BCUT2D eigenvalue weighted by Gasteiger charge is 2.19. The quantitative estimate of drug-likeness (QED) is 0.114. The van der Waals surface area contributed by atoms with E-state index in [-0.39, 0.29) is 39.4 Å². The molecule has 3 aromatic rings. The number of carboxylic acid groups (broad SMARTS) is 5. The van der Waals surface area contributed by atoms with E-state index in [9.17, 15) is 33.6 Å². The number of Topliss-reactive ketones (excluding diaryl/α,β-unsaturated/α-hetero) is 1. The molecular formula is C28H23Cl4NO14. The zero-order valence-electron chi connectivity index (χ0n) is 23.6. The van der Waals surface area contributed by atoms with Crippen LogP contribution in [-0.2, 0) is 35.2 Å². The van der Waals surface area contributed by atoms with Gasteiger partial charge in [0.15, 0.2) is 12.4 Å². The van der Waals surface area contributed by atoms with Crippen molar-refractivity contribution in [3.8, 4) is 11.5 Å². The Bertz CT molecular complexity index is 1550. The van der Waals surface area contributed by atoms with Crippen LogP contribution >= 0.6 is 46.4 Å². The minimum absolute atomic E-state index is 0.000349. The van der Waals surface area contributed by atoms with Gasteiger partial charge in [0.1, 0.15) is 11.3 Å². The third-order valence-corrected chi connectivity index (χ3v) is 5.53. The number of ether oxygens (including phenoxy) is 1. The first-order valence-corrected chi connectivity index (χ1v) is 13.6. The highest BCUT2D eigenvalue weighted by molar-refractivity contribution is 6.59. The maximum atomic E-state index is 10.7. The minimum atomic E-state index is -1.95. The largest absolute Gasteiger partial charge is 0.507 e. The zero-order chi connectivity index (χ0) is 36.4. The van der Waals surface area contributed by atoms with Crippen LogP contribution in [0.2, 0.25) is 20.1 Å². The summed E-state index contributed by atoms with van der Waals surface area (Å²) < 4.78 is 4.86. The highest BCUT2D eigenvalue weighted by Crippen LogP contribution is 2.35. The molecule has 252 valence electrons. The van der Waals surface area contributed by atoms with Crippen LogP contribution < -0.4 is 10.1 Å². The Morgan fingerprint density at radius 2 is 1.21 bits per heavy atom. The maximum absolute atomic E-state index is 10.7. The Hall–Kier alpha value is -5.09. The molecule has 3 rings (SSSR count). The number of carboxylic acids is 5. The molecule has 1 amide bonds. The zero-order valence-corrected chi connectivity index (χ0v) is 26.6. The number of aromatic carboxylic acids is 1. The average Bonchev–Trinajstić information content (AvgIpc) is 2.94. The van der Waals surface area contributed by atoms with E-state index < -0.39 is 42.2 Å². The lowest BCUT2D eigenvalue weighted by Gasteiger charge is -2.07. The molecule has 0 saturated heterocycles. The van der Waals surface area contributed by atoms with E-state index in [1.54, 1.807) is 24.3 Å². The summed E-state index contributed by atoms with van der Waals surface area (Å²) in [6.45, 7) is 0.923. The summed E-state index contributed by atoms with van der Waals surface area (Å²) >= 11 is 22.6. The van der Waals surface area contributed by atoms with Gasteiger partial charge >= 0.3 is 35.6 Å². The van der Waals surface area contributed by atoms with Crippen LogP contribution in [0.15, 0.2) is 54.6 Å². The van der Waals surface area contributed by atoms with Crippen LogP contribution in [0.5, 0.6) is 11.5 Å². The molecule has 0 fully saturated rings. The molecular weight excluding hydrogens is 716 g/mol. The Morgan fingerprint density at radius 3 is 1.57 bits per heavy atom. The number of benzene rings is 3. The van der Waals surface area contributed by atoms with Crippen LogP contribution in [-0.4, -0.2) is 78.8 Å². The third kappa shape index (κ3) is 17.8. The average molecular weight is 739 g/mol. The van der Waals surface area contributed by atoms with Crippen molar-refractivity contribution >= 4 is 93.6 Å². The van der Waals surface area contributed by atoms with Crippen LogP contribution in [0.3, 0.4) is 0 Å². The maximum Gasteiger partial charge on any atom is 0.384 e. The number of halogens is 4. The van der Waals surface area contributed by atoms with Gasteiger partial charge in [-0.2, -0.15) is 0 Å². The van der Waals surface area contributed by atoms with Crippen LogP contribution in [0.4, 0.5) is 5.69 Å². The second-order valence-corrected chi connectivity index (χ2v) is 9.92. The Morgan fingerprint density at radius 1 is 0.702 bits per heavy atom. The topological polar surface area (TPSA) is 262 Å². The molecule has 0 saturated carbocycles. The van der Waals surface area contributed by atoms with Gasteiger partial charge < -0.3 is 40.7 Å². The van der Waals surface area contributed by atoms with Crippen molar-refractivity contribution in [3.05, 3.63) is 85.8 Å². The highest BCUT2D eigenvalue weighted by atomic mass is 35.5. The lowest BCUT2D eigenvalue weighted by atomic mass is 10.1. The molecule has 15 nitrogen and oxygen atoms in total. The summed E-state index contributed by atoms with van der Waals surface area (Å²) in [6.07, 6.45) is 0.000349. The number of hydrogen-bond acceptors (Lipinski definition) is 9. The minimum Gasteiger partial charge on any atom is -0.507 e. The van der Waals surface area contributed by atoms with Gasteiger partial charge in [0, 0.05) is 22.7 Å². The van der Waals surface area contributed by atoms with Gasteiger partial charge in [-0.25, -0.2) is 19.2 Å². The number of carbonyl (C=O) groups is 7. The van der Waals surface area contributed by atoms with Crippen molar-refractivity contribution in [2.24, 2.45) is 0 Å². The van der Waals surface area contributed by atoms with Crippen molar-refractivity contribution in [3.63, 3.8) is 0 Å². The molecule has 7 N–H and O–H groups in total. The van der Waals surface area contributed by atoms with Crippen molar-refractivity contribution < 1.29 is 68.9 Å².